The summed E-state index contributed by atoms with van der Waals surface area (Å²) in [6.45, 7) is 4.49. The molecule has 38 heavy (non-hydrogen) atoms. The summed E-state index contributed by atoms with van der Waals surface area (Å²) >= 11 is 6.64. The van der Waals surface area contributed by atoms with Gasteiger partial charge in [0, 0.05) is 53.5 Å². The van der Waals surface area contributed by atoms with Gasteiger partial charge in [-0.25, -0.2) is 8.42 Å². The van der Waals surface area contributed by atoms with E-state index in [0.29, 0.717) is 22.9 Å². The zero-order chi connectivity index (χ0) is 27.0. The summed E-state index contributed by atoms with van der Waals surface area (Å²) < 4.78 is 49.1. The van der Waals surface area contributed by atoms with E-state index in [0.717, 1.165) is 53.9 Å². The number of allylic oxidation sites excluding steroid dienone is 1. The second kappa shape index (κ2) is 10.6. The molecule has 0 saturated carbocycles. The Morgan fingerprint density at radius 2 is 1.82 bits per heavy atom. The van der Waals surface area contributed by atoms with Crippen molar-refractivity contribution in [3.63, 3.8) is 0 Å². The van der Waals surface area contributed by atoms with Crippen LogP contribution in [0.5, 0.6) is 17.2 Å². The monoisotopic (exact) mass is 557 g/mol. The minimum absolute atomic E-state index is 0.114. The van der Waals surface area contributed by atoms with Gasteiger partial charge in [0.25, 0.3) is 0 Å². The third kappa shape index (κ3) is 5.39. The molecule has 2 aliphatic rings. The normalized spacial score (nSPS) is 18.1. The van der Waals surface area contributed by atoms with E-state index in [1.807, 2.05) is 31.2 Å². The fourth-order valence-electron chi connectivity index (χ4n) is 4.95. The number of rotatable bonds is 8. The highest BCUT2D eigenvalue weighted by atomic mass is 35.5. The quantitative estimate of drug-likeness (QED) is 0.378. The Labute approximate surface area is 227 Å². The first-order chi connectivity index (χ1) is 18.1. The number of sulfone groups is 1. The van der Waals surface area contributed by atoms with Gasteiger partial charge >= 0.3 is 0 Å². The third-order valence-corrected chi connectivity index (χ3v) is 8.47. The molecule has 0 unspecified atom stereocenters. The maximum atomic E-state index is 12.6. The average molecular weight is 558 g/mol. The van der Waals surface area contributed by atoms with Crippen LogP contribution in [0.2, 0.25) is 5.02 Å². The molecule has 3 aromatic carbocycles. The summed E-state index contributed by atoms with van der Waals surface area (Å²) in [5.41, 5.74) is 3.89. The van der Waals surface area contributed by atoms with Crippen LogP contribution in [0.4, 0.5) is 4.39 Å². The van der Waals surface area contributed by atoms with Gasteiger partial charge in [0.15, 0.2) is 9.84 Å². The summed E-state index contributed by atoms with van der Waals surface area (Å²) in [4.78, 5) is 2.30. The molecule has 3 aromatic rings. The number of ether oxygens (including phenoxy) is 2. The van der Waals surface area contributed by atoms with Gasteiger partial charge in [0.1, 0.15) is 30.0 Å². The first kappa shape index (κ1) is 26.5. The number of alkyl halides is 1. The van der Waals surface area contributed by atoms with Crippen LogP contribution in [0.3, 0.4) is 0 Å². The zero-order valence-corrected chi connectivity index (χ0v) is 22.7. The fourth-order valence-corrected chi connectivity index (χ4v) is 5.95. The molecule has 0 aromatic heterocycles. The predicted octanol–water partition coefficient (Wildman–Crippen LogP) is 5.79. The maximum absolute atomic E-state index is 12.6. The molecule has 2 aliphatic heterocycles. The van der Waals surface area contributed by atoms with Crippen LogP contribution >= 0.6 is 11.6 Å². The van der Waals surface area contributed by atoms with Gasteiger partial charge in [-0.15, -0.1) is 0 Å². The Balaban J connectivity index is 1.44. The summed E-state index contributed by atoms with van der Waals surface area (Å²) in [6, 6.07) is 17.3. The van der Waals surface area contributed by atoms with Crippen molar-refractivity contribution in [3.8, 4) is 17.2 Å². The molecular weight excluding hydrogens is 529 g/mol. The number of phenols is 1. The molecule has 0 spiro atoms. The number of hydrogen-bond donors (Lipinski definition) is 1. The van der Waals surface area contributed by atoms with Crippen LogP contribution in [0, 0.1) is 5.92 Å². The Morgan fingerprint density at radius 3 is 2.47 bits per heavy atom. The Kier molecular flexibility index (Phi) is 7.40. The molecule has 1 saturated heterocycles. The molecule has 0 aliphatic carbocycles. The van der Waals surface area contributed by atoms with Crippen LogP contribution in [-0.2, 0) is 9.84 Å². The molecule has 9 heteroatoms. The van der Waals surface area contributed by atoms with Crippen LogP contribution in [-0.4, -0.2) is 57.6 Å². The molecular formula is C29H29ClFNO5S. The van der Waals surface area contributed by atoms with E-state index < -0.39 is 15.9 Å². The lowest BCUT2D eigenvalue weighted by Crippen LogP contribution is -2.49. The third-order valence-electron chi connectivity index (χ3n) is 7.05. The SMILES string of the molecule is CC1=C(c2ccc(S(C)(=O)=O)cc2Cl)[C@H](c2ccc(OCCN3CC(CF)C3)cc2)Oc2ccc(O)cc21. The van der Waals surface area contributed by atoms with E-state index in [-0.39, 0.29) is 23.2 Å². The molecule has 200 valence electrons. The molecule has 0 radical (unpaired) electrons. The van der Waals surface area contributed by atoms with Gasteiger partial charge in [-0.1, -0.05) is 29.8 Å². The molecule has 0 amide bonds. The standard InChI is InChI=1S/C29H29ClFNO5S/c1-18-25-13-21(33)5-10-27(25)37-29(28(18)24-9-8-23(14-26(24)30)38(2,34)35)20-3-6-22(7-4-20)36-12-11-32-16-19(15-31)17-32/h3-10,13-14,19,29,33H,11-12,15-17H2,1-2H3/t29-/m0/s1. The highest BCUT2D eigenvalue weighted by Crippen LogP contribution is 2.49. The molecule has 1 atom stereocenters. The van der Waals surface area contributed by atoms with Crippen LogP contribution < -0.4 is 9.47 Å². The summed E-state index contributed by atoms with van der Waals surface area (Å²) in [5, 5.41) is 10.4. The van der Waals surface area contributed by atoms with Crippen molar-refractivity contribution < 1.29 is 27.4 Å². The molecule has 1 N–H and O–H groups in total. The molecule has 2 heterocycles. The van der Waals surface area contributed by atoms with Crippen molar-refractivity contribution in [2.45, 2.75) is 17.9 Å². The van der Waals surface area contributed by atoms with Crippen molar-refractivity contribution in [3.05, 3.63) is 82.4 Å². The Morgan fingerprint density at radius 1 is 1.08 bits per heavy atom. The lowest BCUT2D eigenvalue weighted by Gasteiger charge is -2.37. The second-order valence-corrected chi connectivity index (χ2v) is 12.3. The highest BCUT2D eigenvalue weighted by Gasteiger charge is 2.31. The highest BCUT2D eigenvalue weighted by molar-refractivity contribution is 7.90. The van der Waals surface area contributed by atoms with Gasteiger partial charge in [-0.2, -0.15) is 0 Å². The van der Waals surface area contributed by atoms with E-state index in [2.05, 4.69) is 4.90 Å². The lowest BCUT2D eigenvalue weighted by atomic mass is 9.86. The number of nitrogens with zero attached hydrogens (tertiary/aromatic N) is 1. The molecule has 6 nitrogen and oxygen atoms in total. The maximum Gasteiger partial charge on any atom is 0.175 e. The van der Waals surface area contributed by atoms with Crippen molar-refractivity contribution in [1.29, 1.82) is 0 Å². The Hall–Kier alpha value is -3.07. The number of fused-ring (bicyclic) bond motifs is 1. The van der Waals surface area contributed by atoms with Crippen molar-refractivity contribution in [1.82, 2.24) is 4.90 Å². The topological polar surface area (TPSA) is 76.1 Å². The van der Waals surface area contributed by atoms with Crippen LogP contribution in [0.1, 0.15) is 29.7 Å². The second-order valence-electron chi connectivity index (χ2n) is 9.83. The number of benzene rings is 3. The van der Waals surface area contributed by atoms with Gasteiger partial charge in [-0.05, 0) is 60.5 Å². The summed E-state index contributed by atoms with van der Waals surface area (Å²) in [5.74, 6) is 1.61. The Bertz CT molecular complexity index is 1480. The smallest absolute Gasteiger partial charge is 0.175 e. The minimum Gasteiger partial charge on any atom is -0.508 e. The van der Waals surface area contributed by atoms with E-state index in [9.17, 15) is 17.9 Å². The lowest BCUT2D eigenvalue weighted by molar-refractivity contribution is 0.0668. The van der Waals surface area contributed by atoms with Crippen LogP contribution in [0.25, 0.3) is 11.1 Å². The average Bonchev–Trinajstić information content (AvgIpc) is 2.86. The summed E-state index contributed by atoms with van der Waals surface area (Å²) in [6.07, 6.45) is 0.615. The minimum atomic E-state index is -3.42. The fraction of sp³-hybridized carbons (Fsp3) is 0.310. The first-order valence-corrected chi connectivity index (χ1v) is 14.6. The molecule has 5 rings (SSSR count). The van der Waals surface area contributed by atoms with Gasteiger partial charge in [0.05, 0.1) is 11.6 Å². The first-order valence-electron chi connectivity index (χ1n) is 12.4. The number of aromatic hydroxyl groups is 1. The zero-order valence-electron chi connectivity index (χ0n) is 21.2. The van der Waals surface area contributed by atoms with E-state index >= 15 is 0 Å². The van der Waals surface area contributed by atoms with E-state index in [1.54, 1.807) is 24.3 Å². The van der Waals surface area contributed by atoms with Gasteiger partial charge < -0.3 is 14.6 Å². The van der Waals surface area contributed by atoms with Crippen molar-refractivity contribution >= 4 is 32.6 Å². The number of likely N-dealkylation sites (tertiary alicyclic amines) is 1. The molecule has 0 bridgehead atoms. The predicted molar refractivity (Wildman–Crippen MR) is 146 cm³/mol. The number of halogens is 2. The summed E-state index contributed by atoms with van der Waals surface area (Å²) in [7, 11) is -3.42. The van der Waals surface area contributed by atoms with Gasteiger partial charge in [-0.3, -0.25) is 9.29 Å². The largest absolute Gasteiger partial charge is 0.508 e. The number of hydrogen-bond acceptors (Lipinski definition) is 6. The van der Waals surface area contributed by atoms with Crippen molar-refractivity contribution in [2.75, 3.05) is 39.2 Å². The number of phenolic OH excluding ortho intramolecular Hbond substituents is 1. The van der Waals surface area contributed by atoms with Crippen molar-refractivity contribution in [2.24, 2.45) is 5.92 Å². The van der Waals surface area contributed by atoms with Gasteiger partial charge in [0.2, 0.25) is 0 Å². The van der Waals surface area contributed by atoms with E-state index in [4.69, 9.17) is 21.1 Å². The van der Waals surface area contributed by atoms with E-state index in [1.165, 1.54) is 12.1 Å². The van der Waals surface area contributed by atoms with Crippen LogP contribution in [0.15, 0.2) is 65.6 Å². The molecule has 1 fully saturated rings.